The highest BCUT2D eigenvalue weighted by molar-refractivity contribution is 8.07. The minimum Gasteiger partial charge on any atom is -0.396 e. The van der Waals surface area contributed by atoms with E-state index in [4.69, 9.17) is 46.1 Å². The first-order chi connectivity index (χ1) is 20.9. The van der Waals surface area contributed by atoms with Crippen molar-refractivity contribution in [2.75, 3.05) is 24.7 Å². The Morgan fingerprint density at radius 2 is 1.95 bits per heavy atom. The van der Waals surface area contributed by atoms with Crippen LogP contribution in [-0.2, 0) is 39.2 Å². The Labute approximate surface area is 255 Å². The standard InChI is InChI=1S/C21H25N9O10P2S2/c22-8-1-2-26-30-9(4-24-17(8)30)10-3-11-12(38-10)5-37-42(35,43)40-16-15(31)13(6-36-41(33,34)39-11)44-20(16)29-7-25-14-18(29)27-21(23)28-19(14)32/h1-2,4,7,10-13,15-16,20,31H,3,5-6,22H2,(H,33,34)(H,35,43)(H3,23,27,28,32)/t10-,11+,12-,13-,15-,16-,20-,42?/m1/s1. The molecule has 0 saturated carbocycles. The number of nitrogens with zero attached hydrogens (tertiary/aromatic N) is 6. The number of aromatic amines is 1. The summed E-state index contributed by atoms with van der Waals surface area (Å²) in [5.74, 6) is -0.172. The third-order valence-electron chi connectivity index (χ3n) is 7.35. The fourth-order valence-electron chi connectivity index (χ4n) is 5.36. The van der Waals surface area contributed by atoms with E-state index in [1.165, 1.54) is 27.8 Å². The molecule has 236 valence electrons. The van der Waals surface area contributed by atoms with Gasteiger partial charge in [0.1, 0.15) is 29.8 Å². The van der Waals surface area contributed by atoms with Crippen LogP contribution in [0.2, 0.25) is 0 Å². The molecule has 4 aromatic rings. The van der Waals surface area contributed by atoms with E-state index in [0.717, 1.165) is 11.8 Å². The van der Waals surface area contributed by atoms with Gasteiger partial charge in [-0.2, -0.15) is 10.1 Å². The molecule has 0 aliphatic carbocycles. The number of thioether (sulfide) groups is 1. The van der Waals surface area contributed by atoms with Crippen molar-refractivity contribution < 1.29 is 42.3 Å². The molecule has 3 fully saturated rings. The molecule has 2 bridgehead atoms. The van der Waals surface area contributed by atoms with Gasteiger partial charge in [0.05, 0.1) is 54.7 Å². The first-order valence-corrected chi connectivity index (χ1v) is 18.0. The van der Waals surface area contributed by atoms with Crippen molar-refractivity contribution in [2.24, 2.45) is 0 Å². The fraction of sp³-hybridized carbons (Fsp3) is 0.476. The second kappa shape index (κ2) is 11.1. The number of phosphoric ester groups is 1. The number of aliphatic hydroxyl groups is 1. The van der Waals surface area contributed by atoms with Gasteiger partial charge in [0.2, 0.25) is 5.95 Å². The highest BCUT2D eigenvalue weighted by atomic mass is 32.5. The van der Waals surface area contributed by atoms with Crippen LogP contribution in [0.3, 0.4) is 0 Å². The highest BCUT2D eigenvalue weighted by Crippen LogP contribution is 2.56. The Kier molecular flexibility index (Phi) is 7.59. The van der Waals surface area contributed by atoms with Gasteiger partial charge >= 0.3 is 14.5 Å². The smallest absolute Gasteiger partial charge is 0.396 e. The van der Waals surface area contributed by atoms with E-state index in [-0.39, 0.29) is 23.5 Å². The number of phosphoric acid groups is 1. The van der Waals surface area contributed by atoms with Gasteiger partial charge in [0.25, 0.3) is 5.56 Å². The minimum atomic E-state index is -4.74. The highest BCUT2D eigenvalue weighted by Gasteiger charge is 2.50. The van der Waals surface area contributed by atoms with E-state index in [0.29, 0.717) is 17.0 Å². The number of ether oxygens (including phenoxy) is 1. The zero-order valence-electron chi connectivity index (χ0n) is 22.2. The molecule has 19 nitrogen and oxygen atoms in total. The molecule has 0 aromatic carbocycles. The van der Waals surface area contributed by atoms with Crippen LogP contribution in [0, 0.1) is 0 Å². The van der Waals surface area contributed by atoms with Crippen molar-refractivity contribution in [1.29, 1.82) is 0 Å². The van der Waals surface area contributed by atoms with Crippen molar-refractivity contribution in [3.05, 3.63) is 40.8 Å². The van der Waals surface area contributed by atoms with Crippen LogP contribution in [0.15, 0.2) is 29.6 Å². The van der Waals surface area contributed by atoms with E-state index in [9.17, 15) is 24.3 Å². The molecule has 8 N–H and O–H groups in total. The van der Waals surface area contributed by atoms with Crippen LogP contribution in [0.4, 0.5) is 11.6 Å². The summed E-state index contributed by atoms with van der Waals surface area (Å²) in [5, 5.41) is 13.7. The van der Waals surface area contributed by atoms with Gasteiger partial charge in [-0.15, -0.1) is 11.8 Å². The normalized spacial score (nSPS) is 36.6. The topological polar surface area (TPSA) is 270 Å². The van der Waals surface area contributed by atoms with Gasteiger partial charge in [0, 0.05) is 6.42 Å². The minimum absolute atomic E-state index is 0.0297. The second-order valence-electron chi connectivity index (χ2n) is 10.2. The van der Waals surface area contributed by atoms with E-state index < -0.39 is 74.5 Å². The summed E-state index contributed by atoms with van der Waals surface area (Å²) in [5.41, 5.74) is 12.5. The van der Waals surface area contributed by atoms with Crippen molar-refractivity contribution in [2.45, 2.75) is 47.6 Å². The van der Waals surface area contributed by atoms with Crippen molar-refractivity contribution >= 4 is 66.6 Å². The molecule has 23 heteroatoms. The summed E-state index contributed by atoms with van der Waals surface area (Å²) in [6.45, 7) is -4.98. The molecule has 0 radical (unpaired) electrons. The lowest BCUT2D eigenvalue weighted by molar-refractivity contribution is -0.0262. The van der Waals surface area contributed by atoms with Gasteiger partial charge in [-0.25, -0.2) is 19.0 Å². The molecule has 3 aliphatic rings. The quantitative estimate of drug-likeness (QED) is 0.151. The molecule has 4 aromatic heterocycles. The van der Waals surface area contributed by atoms with E-state index in [1.54, 1.807) is 6.07 Å². The first kappa shape index (κ1) is 30.2. The largest absolute Gasteiger partial charge is 0.472 e. The van der Waals surface area contributed by atoms with Crippen LogP contribution in [0.25, 0.3) is 16.8 Å². The average molecular weight is 690 g/mol. The number of aromatic nitrogens is 7. The van der Waals surface area contributed by atoms with E-state index >= 15 is 0 Å². The number of nitrogens with two attached hydrogens (primary N) is 2. The molecule has 0 amide bonds. The van der Waals surface area contributed by atoms with Gasteiger partial charge in [-0.3, -0.25) is 27.9 Å². The van der Waals surface area contributed by atoms with Crippen molar-refractivity contribution in [3.8, 4) is 0 Å². The summed E-state index contributed by atoms with van der Waals surface area (Å²) < 4.78 is 44.5. The summed E-state index contributed by atoms with van der Waals surface area (Å²) >= 11 is 6.36. The molecule has 2 unspecified atom stereocenters. The summed E-state index contributed by atoms with van der Waals surface area (Å²) in [6.07, 6.45) is -1.07. The number of rotatable bonds is 2. The maximum atomic E-state index is 13.1. The Morgan fingerprint density at radius 3 is 2.77 bits per heavy atom. The molecule has 9 atom stereocenters. The number of anilines is 2. The zero-order chi connectivity index (χ0) is 31.0. The maximum absolute atomic E-state index is 13.1. The van der Waals surface area contributed by atoms with Gasteiger partial charge in [-0.05, 0) is 17.9 Å². The Hall–Kier alpha value is -2.52. The third-order valence-corrected chi connectivity index (χ3v) is 11.5. The lowest BCUT2D eigenvalue weighted by atomic mass is 10.1. The van der Waals surface area contributed by atoms with Gasteiger partial charge in [0.15, 0.2) is 16.8 Å². The SMILES string of the molecule is Nc1nc2c(ncn2[C@@H]2S[C@@H]3COP(=O)(O)O[C@H]4C[C@H](c5cnc6c(N)ccnn56)O[C@@H]4COP(O)(=S)O[C@@H]2[C@@H]3O)c(=O)[nH]1. The molecular formula is C21H25N9O10P2S2. The van der Waals surface area contributed by atoms with Crippen LogP contribution in [-0.4, -0.2) is 91.9 Å². The number of aliphatic hydroxyl groups excluding tert-OH is 1. The first-order valence-electron chi connectivity index (χ1n) is 13.0. The number of H-pyrrole nitrogens is 1. The third kappa shape index (κ3) is 5.46. The van der Waals surface area contributed by atoms with Gasteiger partial charge < -0.3 is 35.6 Å². The Balaban J connectivity index is 1.19. The summed E-state index contributed by atoms with van der Waals surface area (Å²) in [7, 11) is -4.74. The van der Waals surface area contributed by atoms with Crippen LogP contribution in [0.5, 0.6) is 0 Å². The van der Waals surface area contributed by atoms with E-state index in [2.05, 4.69) is 25.0 Å². The molecule has 0 spiro atoms. The molecule has 3 saturated heterocycles. The number of hydrogen-bond donors (Lipinski definition) is 6. The van der Waals surface area contributed by atoms with Crippen molar-refractivity contribution in [1.82, 2.24) is 34.1 Å². The number of imidazole rings is 2. The number of nitrogen functional groups attached to an aromatic ring is 2. The number of nitrogens with one attached hydrogen (secondary N) is 1. The molecule has 7 heterocycles. The molecule has 44 heavy (non-hydrogen) atoms. The van der Waals surface area contributed by atoms with Crippen LogP contribution < -0.4 is 17.0 Å². The maximum Gasteiger partial charge on any atom is 0.472 e. The molecule has 3 aliphatic heterocycles. The molecular weight excluding hydrogens is 664 g/mol. The molecule has 7 rings (SSSR count). The predicted octanol–water partition coefficient (Wildman–Crippen LogP) is -0.0338. The van der Waals surface area contributed by atoms with Crippen molar-refractivity contribution in [3.63, 3.8) is 0 Å². The summed E-state index contributed by atoms with van der Waals surface area (Å²) in [6, 6.07) is 1.59. The monoisotopic (exact) mass is 689 g/mol. The van der Waals surface area contributed by atoms with Crippen LogP contribution >= 0.6 is 26.3 Å². The van der Waals surface area contributed by atoms with E-state index in [1.807, 2.05) is 0 Å². The lowest BCUT2D eigenvalue weighted by Gasteiger charge is -2.28. The predicted molar refractivity (Wildman–Crippen MR) is 157 cm³/mol. The van der Waals surface area contributed by atoms with Crippen LogP contribution in [0.1, 0.15) is 23.6 Å². The summed E-state index contributed by atoms with van der Waals surface area (Å²) in [4.78, 5) is 49.0. The zero-order valence-corrected chi connectivity index (χ0v) is 25.6. The second-order valence-corrected chi connectivity index (χ2v) is 15.7. The average Bonchev–Trinajstić information content (AvgIpc) is 3.72. The lowest BCUT2D eigenvalue weighted by Crippen LogP contribution is -2.35. The number of fused-ring (bicyclic) bond motifs is 5. The number of hydrogen-bond acceptors (Lipinski definition) is 16. The Bertz CT molecular complexity index is 1910. The van der Waals surface area contributed by atoms with Gasteiger partial charge in [-0.1, -0.05) is 0 Å². The fourth-order valence-corrected chi connectivity index (χ4v) is 9.42. The Morgan fingerprint density at radius 1 is 1.14 bits per heavy atom.